The van der Waals surface area contributed by atoms with E-state index < -0.39 is 12.1 Å². The number of ether oxygens (including phenoxy) is 1. The van der Waals surface area contributed by atoms with Gasteiger partial charge in [-0.15, -0.1) is 0 Å². The first kappa shape index (κ1) is 83.6. The van der Waals surface area contributed by atoms with Gasteiger partial charge >= 0.3 is 5.97 Å². The van der Waals surface area contributed by atoms with E-state index in [9.17, 15) is 19.8 Å². The van der Waals surface area contributed by atoms with E-state index in [1.54, 1.807) is 0 Å². The van der Waals surface area contributed by atoms with Crippen molar-refractivity contribution in [2.75, 3.05) is 13.2 Å². The molecular weight excluding hydrogens is 1040 g/mol. The molecule has 0 saturated heterocycles. The number of amides is 1. The van der Waals surface area contributed by atoms with Crippen molar-refractivity contribution >= 4 is 11.9 Å². The smallest absolute Gasteiger partial charge is 0.305 e. The van der Waals surface area contributed by atoms with Crippen LogP contribution in [0.15, 0.2) is 12.2 Å². The summed E-state index contributed by atoms with van der Waals surface area (Å²) in [5.41, 5.74) is 0. The second-order valence-corrected chi connectivity index (χ2v) is 27.4. The highest BCUT2D eigenvalue weighted by molar-refractivity contribution is 5.76. The van der Waals surface area contributed by atoms with Crippen molar-refractivity contribution in [2.45, 2.75) is 469 Å². The molecule has 0 aromatic carbocycles. The standard InChI is InChI=1S/C79H155NO5/c1-3-5-7-9-11-13-15-17-19-20-40-44-47-51-55-59-63-67-71-77(82)76(75-81)80-78(83)72-68-64-60-56-52-48-45-41-38-36-34-32-30-28-26-24-22-21-23-25-27-29-31-33-35-37-39-42-46-50-54-58-62-66-70-74-85-79(84)73-69-65-61-57-53-49-43-18-16-14-12-10-8-6-4-2/h23,25,76-77,81-82H,3-22,24,26-75H2,1-2H3,(H,80,83)/b25-23-. The van der Waals surface area contributed by atoms with Gasteiger partial charge in [0.2, 0.25) is 5.91 Å². The van der Waals surface area contributed by atoms with Crippen LogP contribution >= 0.6 is 0 Å². The molecule has 0 bridgehead atoms. The van der Waals surface area contributed by atoms with E-state index in [0.717, 1.165) is 38.5 Å². The molecule has 0 saturated carbocycles. The third-order valence-electron chi connectivity index (χ3n) is 18.8. The quantitative estimate of drug-likeness (QED) is 0.0320. The molecule has 85 heavy (non-hydrogen) atoms. The van der Waals surface area contributed by atoms with Crippen LogP contribution in [0.3, 0.4) is 0 Å². The number of nitrogens with one attached hydrogen (secondary N) is 1. The fourth-order valence-electron chi connectivity index (χ4n) is 12.8. The highest BCUT2D eigenvalue weighted by Gasteiger charge is 2.20. The molecule has 0 rings (SSSR count). The van der Waals surface area contributed by atoms with Gasteiger partial charge in [0.15, 0.2) is 0 Å². The van der Waals surface area contributed by atoms with Gasteiger partial charge in [-0.2, -0.15) is 0 Å². The SMILES string of the molecule is CCCCCCCCCCCCCCCCCCCCC(O)C(CO)NC(=O)CCCCCCCCCCCCCCCCCCC/C=C\CCCCCCCCCCCCCCCCOC(=O)CCCCCCCCCCCCCCCCC. The van der Waals surface area contributed by atoms with Crippen molar-refractivity contribution in [3.63, 3.8) is 0 Å². The van der Waals surface area contributed by atoms with Crippen LogP contribution in [-0.2, 0) is 14.3 Å². The number of carbonyl (C=O) groups excluding carboxylic acids is 2. The zero-order valence-corrected chi connectivity index (χ0v) is 58.1. The second-order valence-electron chi connectivity index (χ2n) is 27.4. The van der Waals surface area contributed by atoms with Crippen LogP contribution in [0.25, 0.3) is 0 Å². The molecule has 0 spiro atoms. The lowest BCUT2D eigenvalue weighted by Gasteiger charge is -2.22. The highest BCUT2D eigenvalue weighted by atomic mass is 16.5. The maximum atomic E-state index is 12.5. The van der Waals surface area contributed by atoms with Crippen LogP contribution in [0.2, 0.25) is 0 Å². The fourth-order valence-corrected chi connectivity index (χ4v) is 12.8. The van der Waals surface area contributed by atoms with Gasteiger partial charge in [0.1, 0.15) is 0 Å². The molecule has 0 aromatic rings. The number of unbranched alkanes of at least 4 members (excludes halogenated alkanes) is 62. The number of carbonyl (C=O) groups is 2. The van der Waals surface area contributed by atoms with E-state index in [4.69, 9.17) is 4.74 Å². The molecular formula is C79H155NO5. The monoisotopic (exact) mass is 1200 g/mol. The molecule has 6 nitrogen and oxygen atoms in total. The van der Waals surface area contributed by atoms with Gasteiger partial charge in [0, 0.05) is 12.8 Å². The molecule has 506 valence electrons. The average molecular weight is 1200 g/mol. The molecule has 0 aliphatic carbocycles. The highest BCUT2D eigenvalue weighted by Crippen LogP contribution is 2.20. The minimum atomic E-state index is -0.662. The van der Waals surface area contributed by atoms with Crippen LogP contribution < -0.4 is 5.32 Å². The Morgan fingerprint density at radius 3 is 0.835 bits per heavy atom. The van der Waals surface area contributed by atoms with Gasteiger partial charge in [-0.1, -0.05) is 405 Å². The fraction of sp³-hybridized carbons (Fsp3) is 0.949. The van der Waals surface area contributed by atoms with E-state index in [-0.39, 0.29) is 18.5 Å². The molecule has 0 aliphatic heterocycles. The van der Waals surface area contributed by atoms with Gasteiger partial charge in [-0.25, -0.2) is 0 Å². The van der Waals surface area contributed by atoms with Crippen LogP contribution in [0.5, 0.6) is 0 Å². The number of hydrogen-bond acceptors (Lipinski definition) is 5. The van der Waals surface area contributed by atoms with Crippen molar-refractivity contribution < 1.29 is 24.5 Å². The lowest BCUT2D eigenvalue weighted by molar-refractivity contribution is -0.143. The Hall–Kier alpha value is -1.40. The Balaban J connectivity index is 3.32. The summed E-state index contributed by atoms with van der Waals surface area (Å²) >= 11 is 0. The zero-order chi connectivity index (χ0) is 61.3. The summed E-state index contributed by atoms with van der Waals surface area (Å²) < 4.78 is 5.51. The minimum Gasteiger partial charge on any atom is -0.466 e. The Bertz CT molecular complexity index is 1290. The maximum absolute atomic E-state index is 12.5. The molecule has 0 radical (unpaired) electrons. The number of aliphatic hydroxyl groups excluding tert-OH is 2. The van der Waals surface area contributed by atoms with Crippen molar-refractivity contribution in [1.29, 1.82) is 0 Å². The van der Waals surface area contributed by atoms with E-state index in [0.29, 0.717) is 25.9 Å². The minimum absolute atomic E-state index is 0.0243. The summed E-state index contributed by atoms with van der Waals surface area (Å²) in [5.74, 6) is -0.00218. The topological polar surface area (TPSA) is 95.9 Å². The van der Waals surface area contributed by atoms with Crippen LogP contribution in [0, 0.1) is 0 Å². The van der Waals surface area contributed by atoms with Crippen LogP contribution in [-0.4, -0.2) is 47.4 Å². The molecule has 0 aromatic heterocycles. The van der Waals surface area contributed by atoms with Crippen molar-refractivity contribution in [3.8, 4) is 0 Å². The van der Waals surface area contributed by atoms with Gasteiger partial charge in [0.05, 0.1) is 25.4 Å². The first-order chi connectivity index (χ1) is 42.0. The van der Waals surface area contributed by atoms with Gasteiger partial charge in [-0.3, -0.25) is 9.59 Å². The van der Waals surface area contributed by atoms with Gasteiger partial charge in [-0.05, 0) is 51.4 Å². The summed E-state index contributed by atoms with van der Waals surface area (Å²) in [6.07, 6.45) is 94.5. The zero-order valence-electron chi connectivity index (χ0n) is 58.1. The lowest BCUT2D eigenvalue weighted by Crippen LogP contribution is -2.45. The molecule has 1 amide bonds. The van der Waals surface area contributed by atoms with E-state index >= 15 is 0 Å². The molecule has 6 heteroatoms. The Morgan fingerprint density at radius 1 is 0.318 bits per heavy atom. The number of esters is 1. The largest absolute Gasteiger partial charge is 0.466 e. The molecule has 0 aliphatic rings. The van der Waals surface area contributed by atoms with E-state index in [2.05, 4.69) is 31.3 Å². The number of hydrogen-bond donors (Lipinski definition) is 3. The van der Waals surface area contributed by atoms with Crippen molar-refractivity contribution in [3.05, 3.63) is 12.2 Å². The predicted molar refractivity (Wildman–Crippen MR) is 375 cm³/mol. The van der Waals surface area contributed by atoms with Crippen molar-refractivity contribution in [2.24, 2.45) is 0 Å². The summed E-state index contributed by atoms with van der Waals surface area (Å²) in [6, 6.07) is -0.538. The summed E-state index contributed by atoms with van der Waals surface area (Å²) in [4.78, 5) is 24.6. The number of aliphatic hydroxyl groups is 2. The molecule has 2 atom stereocenters. The lowest BCUT2D eigenvalue weighted by atomic mass is 10.0. The maximum Gasteiger partial charge on any atom is 0.305 e. The summed E-state index contributed by atoms with van der Waals surface area (Å²) in [5, 5.41) is 23.4. The van der Waals surface area contributed by atoms with Crippen LogP contribution in [0.1, 0.15) is 457 Å². The predicted octanol–water partition coefficient (Wildman–Crippen LogP) is 25.9. The normalized spacial score (nSPS) is 12.5. The molecule has 2 unspecified atom stereocenters. The van der Waals surface area contributed by atoms with Crippen molar-refractivity contribution in [1.82, 2.24) is 5.32 Å². The van der Waals surface area contributed by atoms with Gasteiger partial charge < -0.3 is 20.3 Å². The van der Waals surface area contributed by atoms with E-state index in [1.165, 1.54) is 385 Å². The Morgan fingerprint density at radius 2 is 0.553 bits per heavy atom. The van der Waals surface area contributed by atoms with E-state index in [1.807, 2.05) is 0 Å². The Labute approximate surface area is 533 Å². The first-order valence-electron chi connectivity index (χ1n) is 39.4. The third-order valence-corrected chi connectivity index (χ3v) is 18.8. The first-order valence-corrected chi connectivity index (χ1v) is 39.4. The second kappa shape index (κ2) is 75.1. The number of allylic oxidation sites excluding steroid dienone is 2. The summed E-state index contributed by atoms with van der Waals surface area (Å²) in [7, 11) is 0. The van der Waals surface area contributed by atoms with Crippen LogP contribution in [0.4, 0.5) is 0 Å². The Kier molecular flexibility index (Phi) is 73.8. The summed E-state index contributed by atoms with van der Waals surface area (Å²) in [6.45, 7) is 5.01. The molecule has 3 N–H and O–H groups in total. The number of rotatable bonds is 75. The van der Waals surface area contributed by atoms with Gasteiger partial charge in [0.25, 0.3) is 0 Å². The third kappa shape index (κ3) is 71.6. The molecule has 0 heterocycles. The average Bonchev–Trinajstić information content (AvgIpc) is 3.54. The molecule has 0 fully saturated rings.